The lowest BCUT2D eigenvalue weighted by molar-refractivity contribution is -0.141. The zero-order chi connectivity index (χ0) is 26.7. The number of fused-ring (bicyclic) bond motifs is 1. The van der Waals surface area contributed by atoms with Gasteiger partial charge in [-0.25, -0.2) is 8.78 Å². The number of carbonyl (C=O) groups is 2. The number of anilines is 1. The minimum Gasteiger partial charge on any atom is -0.481 e. The first-order valence-corrected chi connectivity index (χ1v) is 12.5. The molecule has 2 atom stereocenters. The molecule has 0 aliphatic carbocycles. The van der Waals surface area contributed by atoms with Gasteiger partial charge >= 0.3 is 0 Å². The van der Waals surface area contributed by atoms with Crippen LogP contribution in [0.3, 0.4) is 0 Å². The van der Waals surface area contributed by atoms with Gasteiger partial charge in [0.05, 0.1) is 6.04 Å². The molecule has 0 spiro atoms. The number of hydrogen-bond donors (Lipinski definition) is 1. The van der Waals surface area contributed by atoms with E-state index in [-0.39, 0.29) is 23.4 Å². The highest BCUT2D eigenvalue weighted by Crippen LogP contribution is 2.39. The maximum atomic E-state index is 13.7. The summed E-state index contributed by atoms with van der Waals surface area (Å²) in [7, 11) is 0. The number of nitrogens with zero attached hydrogens (tertiary/aromatic N) is 1. The summed E-state index contributed by atoms with van der Waals surface area (Å²) in [5, 5.41) is 2.76. The van der Waals surface area contributed by atoms with Gasteiger partial charge in [0.1, 0.15) is 17.4 Å². The molecule has 37 heavy (non-hydrogen) atoms. The number of amides is 2. The van der Waals surface area contributed by atoms with E-state index in [4.69, 9.17) is 4.74 Å². The Morgan fingerprint density at radius 3 is 2.22 bits per heavy atom. The van der Waals surface area contributed by atoms with Crippen LogP contribution in [-0.2, 0) is 16.0 Å². The van der Waals surface area contributed by atoms with Crippen molar-refractivity contribution in [2.75, 3.05) is 11.9 Å². The number of nitrogens with one attached hydrogen (secondary N) is 1. The Labute approximate surface area is 216 Å². The molecular weight excluding hydrogens is 474 g/mol. The fourth-order valence-corrected chi connectivity index (χ4v) is 4.56. The van der Waals surface area contributed by atoms with Crippen molar-refractivity contribution in [3.63, 3.8) is 0 Å². The molecule has 4 rings (SSSR count). The second-order valence-corrected chi connectivity index (χ2v) is 10.3. The first-order valence-electron chi connectivity index (χ1n) is 12.5. The Morgan fingerprint density at radius 2 is 1.62 bits per heavy atom. The zero-order valence-electron chi connectivity index (χ0n) is 21.6. The zero-order valence-corrected chi connectivity index (χ0v) is 21.6. The number of carbonyl (C=O) groups excluding carboxylic acids is 2. The van der Waals surface area contributed by atoms with Crippen LogP contribution in [0.2, 0.25) is 0 Å². The molecule has 0 radical (unpaired) electrons. The highest BCUT2D eigenvalue weighted by Gasteiger charge is 2.37. The normalized spacial score (nSPS) is 16.1. The van der Waals surface area contributed by atoms with Crippen LogP contribution in [0.15, 0.2) is 66.7 Å². The molecule has 1 aliphatic rings. The lowest BCUT2D eigenvalue weighted by Gasteiger charge is -2.41. The van der Waals surface area contributed by atoms with Crippen molar-refractivity contribution in [2.45, 2.75) is 52.7 Å². The predicted molar refractivity (Wildman–Crippen MR) is 139 cm³/mol. The molecule has 194 valence electrons. The highest BCUT2D eigenvalue weighted by atomic mass is 19.1. The minimum absolute atomic E-state index is 0.00362. The average Bonchev–Trinajstić information content (AvgIpc) is 2.87. The Kier molecular flexibility index (Phi) is 7.62. The standard InChI is InChI=1S/C30H32F2N2O3/c1-5-26(28(35)33-23-13-11-22(32)12-14-23)37-24-15-8-19-16-17-34(29(36)30(2,3)4)27(25(19)18-24)20-6-9-21(31)10-7-20/h6-15,18,26-27H,5,16-17H2,1-4H3,(H,33,35). The summed E-state index contributed by atoms with van der Waals surface area (Å²) in [6.45, 7) is 8.05. The van der Waals surface area contributed by atoms with Gasteiger partial charge in [-0.15, -0.1) is 0 Å². The summed E-state index contributed by atoms with van der Waals surface area (Å²) in [6, 6.07) is 17.0. The number of hydrogen-bond acceptors (Lipinski definition) is 3. The summed E-state index contributed by atoms with van der Waals surface area (Å²) in [5.74, 6) is -0.569. The third-order valence-electron chi connectivity index (χ3n) is 6.49. The lowest BCUT2D eigenvalue weighted by atomic mass is 9.85. The topological polar surface area (TPSA) is 58.6 Å². The Bertz CT molecular complexity index is 1270. The molecule has 0 saturated heterocycles. The largest absolute Gasteiger partial charge is 0.481 e. The van der Waals surface area contributed by atoms with Crippen LogP contribution in [0.4, 0.5) is 14.5 Å². The van der Waals surface area contributed by atoms with E-state index in [9.17, 15) is 18.4 Å². The van der Waals surface area contributed by atoms with E-state index in [0.29, 0.717) is 30.8 Å². The van der Waals surface area contributed by atoms with Crippen LogP contribution in [0, 0.1) is 17.0 Å². The van der Waals surface area contributed by atoms with Crippen molar-refractivity contribution in [3.05, 3.63) is 95.1 Å². The Hall–Kier alpha value is -3.74. The second kappa shape index (κ2) is 10.7. The molecule has 2 unspecified atom stereocenters. The molecule has 1 N–H and O–H groups in total. The van der Waals surface area contributed by atoms with Crippen molar-refractivity contribution >= 4 is 17.5 Å². The minimum atomic E-state index is -0.775. The van der Waals surface area contributed by atoms with E-state index in [0.717, 1.165) is 16.7 Å². The van der Waals surface area contributed by atoms with Crippen LogP contribution in [0.5, 0.6) is 5.75 Å². The highest BCUT2D eigenvalue weighted by molar-refractivity contribution is 5.94. The van der Waals surface area contributed by atoms with Gasteiger partial charge < -0.3 is 15.0 Å². The van der Waals surface area contributed by atoms with E-state index >= 15 is 0 Å². The van der Waals surface area contributed by atoms with Gasteiger partial charge in [0.15, 0.2) is 6.10 Å². The second-order valence-electron chi connectivity index (χ2n) is 10.3. The summed E-state index contributed by atoms with van der Waals surface area (Å²) in [4.78, 5) is 28.1. The van der Waals surface area contributed by atoms with E-state index < -0.39 is 17.6 Å². The summed E-state index contributed by atoms with van der Waals surface area (Å²) < 4.78 is 33.1. The molecule has 0 fully saturated rings. The molecule has 2 amide bonds. The summed E-state index contributed by atoms with van der Waals surface area (Å²) in [6.07, 6.45) is 0.320. The maximum absolute atomic E-state index is 13.7. The SMILES string of the molecule is CCC(Oc1ccc2c(c1)C(c1ccc(F)cc1)N(C(=O)C(C)(C)C)CC2)C(=O)Nc1ccc(F)cc1. The van der Waals surface area contributed by atoms with Gasteiger partial charge in [-0.1, -0.05) is 45.9 Å². The molecule has 3 aromatic carbocycles. The Morgan fingerprint density at radius 1 is 1.00 bits per heavy atom. The maximum Gasteiger partial charge on any atom is 0.265 e. The van der Waals surface area contributed by atoms with E-state index in [1.54, 1.807) is 12.1 Å². The van der Waals surface area contributed by atoms with Gasteiger partial charge in [0.25, 0.3) is 5.91 Å². The third kappa shape index (κ3) is 5.98. The first-order chi connectivity index (χ1) is 17.6. The Balaban J connectivity index is 1.65. The van der Waals surface area contributed by atoms with Gasteiger partial charge in [-0.05, 0) is 78.1 Å². The van der Waals surface area contributed by atoms with E-state index in [2.05, 4.69) is 5.32 Å². The lowest BCUT2D eigenvalue weighted by Crippen LogP contribution is -2.45. The smallest absolute Gasteiger partial charge is 0.265 e. The van der Waals surface area contributed by atoms with Crippen molar-refractivity contribution < 1.29 is 23.1 Å². The predicted octanol–water partition coefficient (Wildman–Crippen LogP) is 6.28. The quantitative estimate of drug-likeness (QED) is 0.428. The number of benzene rings is 3. The molecule has 0 aromatic heterocycles. The van der Waals surface area contributed by atoms with Gasteiger partial charge in [-0.2, -0.15) is 0 Å². The molecule has 5 nitrogen and oxygen atoms in total. The van der Waals surface area contributed by atoms with Gasteiger partial charge in [0, 0.05) is 17.6 Å². The number of ether oxygens (including phenoxy) is 1. The number of rotatable bonds is 6. The van der Waals surface area contributed by atoms with Gasteiger partial charge in [-0.3, -0.25) is 9.59 Å². The molecule has 7 heteroatoms. The fraction of sp³-hybridized carbons (Fsp3) is 0.333. The molecular formula is C30H32F2N2O3. The van der Waals surface area contributed by atoms with Crippen LogP contribution in [0.1, 0.15) is 56.8 Å². The average molecular weight is 507 g/mol. The van der Waals surface area contributed by atoms with E-state index in [1.165, 1.54) is 36.4 Å². The van der Waals surface area contributed by atoms with Crippen molar-refractivity contribution in [2.24, 2.45) is 5.41 Å². The first kappa shape index (κ1) is 26.3. The van der Waals surface area contributed by atoms with Crippen LogP contribution < -0.4 is 10.1 Å². The van der Waals surface area contributed by atoms with Crippen molar-refractivity contribution in [1.29, 1.82) is 0 Å². The molecule has 1 heterocycles. The van der Waals surface area contributed by atoms with Crippen molar-refractivity contribution in [3.8, 4) is 5.75 Å². The van der Waals surface area contributed by atoms with Gasteiger partial charge in [0.2, 0.25) is 5.91 Å². The number of halogens is 2. The van der Waals surface area contributed by atoms with Crippen LogP contribution in [-0.4, -0.2) is 29.4 Å². The molecule has 0 saturated carbocycles. The summed E-state index contributed by atoms with van der Waals surface area (Å²) >= 11 is 0. The van der Waals surface area contributed by atoms with Crippen molar-refractivity contribution in [1.82, 2.24) is 4.90 Å². The molecule has 3 aromatic rings. The summed E-state index contributed by atoms with van der Waals surface area (Å²) in [5.41, 5.74) is 2.66. The fourth-order valence-electron chi connectivity index (χ4n) is 4.56. The third-order valence-corrected chi connectivity index (χ3v) is 6.49. The molecule has 0 bridgehead atoms. The monoisotopic (exact) mass is 506 g/mol. The van der Waals surface area contributed by atoms with Crippen LogP contribution >= 0.6 is 0 Å². The molecule has 1 aliphatic heterocycles. The van der Waals surface area contributed by atoms with E-state index in [1.807, 2.05) is 50.8 Å². The van der Waals surface area contributed by atoms with Crippen LogP contribution in [0.25, 0.3) is 0 Å².